The maximum Gasteiger partial charge on any atom is 0.326 e. The van der Waals surface area contributed by atoms with E-state index in [4.69, 9.17) is 73.2 Å². The van der Waals surface area contributed by atoms with Gasteiger partial charge in [-0.15, -0.1) is 0 Å². The van der Waals surface area contributed by atoms with Gasteiger partial charge in [-0.2, -0.15) is 0 Å². The molecule has 2 aromatic carbocycles. The van der Waals surface area contributed by atoms with E-state index in [1.54, 1.807) is 42.5 Å². The van der Waals surface area contributed by atoms with Crippen molar-refractivity contribution in [2.75, 3.05) is 59.0 Å². The fourth-order valence-corrected chi connectivity index (χ4v) is 11.7. The third-order valence-electron chi connectivity index (χ3n) is 18.2. The van der Waals surface area contributed by atoms with Crippen molar-refractivity contribution in [3.8, 4) is 5.75 Å². The van der Waals surface area contributed by atoms with Gasteiger partial charge in [0, 0.05) is 39.0 Å². The lowest BCUT2D eigenvalue weighted by molar-refractivity contribution is -0.142. The first-order valence-electron chi connectivity index (χ1n) is 39.2. The highest BCUT2D eigenvalue weighted by molar-refractivity contribution is 6.00. The van der Waals surface area contributed by atoms with Crippen molar-refractivity contribution < 1.29 is 82.4 Å². The third kappa shape index (κ3) is 44.0. The minimum atomic E-state index is -1.85. The number of nitrogens with one attached hydrogen (secondary N) is 20. The van der Waals surface area contributed by atoms with Crippen LogP contribution in [-0.4, -0.2) is 253 Å². The number of hydrogen-bond acceptors (Lipinski definition) is 24. The predicted molar refractivity (Wildman–Crippen MR) is 438 cm³/mol. The van der Waals surface area contributed by atoms with Gasteiger partial charge in [0.1, 0.15) is 72.2 Å². The summed E-state index contributed by atoms with van der Waals surface area (Å²) in [7, 11) is 0. The van der Waals surface area contributed by atoms with Crippen LogP contribution in [0.1, 0.15) is 140 Å². The standard InChI is InChI=1S/C73H125N29O17/c1-41(92-59(108)45(77)37-43-24-26-44(104)27-25-43)58(107)94-52(28-29-56(78)105)60(109)91-39-57(106)93-54(38-42-15-3-2-4-16-42)67(116)102-55(40-103)68(117)100-47(18-6-9-31-75)62(111)98-49(20-11-33-87-70(79)80)63(112)95-46(17-5-8-30-74)61(110)97-51(22-13-35-89-72(83)84)65(114)99-50(21-12-34-88-71(81)82)64(113)96-48(19-7-10-32-76)66(115)101-53(69(118)119)23-14-36-90-73(85)86/h2-4,15-16,24-27,41,45-55,103-104H,5-14,17-23,28-40,74-77H2,1H3,(H2,78,105)(H,91,109)(H,92,108)(H,93,106)(H,94,107)(H,95,112)(H,96,113)(H,97,110)(H,98,111)(H,99,114)(H,100,117)(H,101,115)(H,102,116)(H,118,119)(H4,79,80,87)(H4,81,82,88)(H4,83,84,89)(H4,85,86,90)/t41-,45-,46-,47-,48-,49-,50-,51-,52-,53-,54-,55-/m0/s1. The molecule has 664 valence electrons. The molecule has 13 amide bonds. The van der Waals surface area contributed by atoms with Crippen molar-refractivity contribution in [2.45, 2.75) is 214 Å². The van der Waals surface area contributed by atoms with Crippen molar-refractivity contribution in [3.63, 3.8) is 0 Å². The van der Waals surface area contributed by atoms with Crippen LogP contribution in [-0.2, 0) is 80.0 Å². The second-order valence-electron chi connectivity index (χ2n) is 28.1. The Balaban J connectivity index is 2.55. The van der Waals surface area contributed by atoms with E-state index in [1.165, 1.54) is 19.1 Å². The van der Waals surface area contributed by atoms with Gasteiger partial charge in [-0.1, -0.05) is 42.5 Å². The van der Waals surface area contributed by atoms with Crippen LogP contribution in [0.15, 0.2) is 54.6 Å². The number of carboxylic acids is 1. The molecule has 119 heavy (non-hydrogen) atoms. The van der Waals surface area contributed by atoms with Gasteiger partial charge in [-0.25, -0.2) is 4.79 Å². The zero-order valence-corrected chi connectivity index (χ0v) is 67.1. The average Bonchev–Trinajstić information content (AvgIpc) is 0.846. The molecule has 2 aromatic rings. The molecule has 0 aliphatic rings. The number of unbranched alkanes of at least 4 members (excludes halogenated alkanes) is 3. The summed E-state index contributed by atoms with van der Waals surface area (Å²) in [6, 6.07) is -3.73. The minimum absolute atomic E-state index is 0.00704. The second kappa shape index (κ2) is 57.7. The number of carboxylic acid groups (broad SMARTS) is 1. The molecule has 41 N–H and O–H groups in total. The summed E-state index contributed by atoms with van der Waals surface area (Å²) in [5.74, 6) is -15.4. The Morgan fingerprint density at radius 1 is 0.353 bits per heavy atom. The van der Waals surface area contributed by atoms with Crippen LogP contribution in [0.5, 0.6) is 5.75 Å². The number of carbonyl (C=O) groups excluding carboxylic acids is 13. The first-order valence-corrected chi connectivity index (χ1v) is 39.2. The topological polar surface area (TPSA) is 822 Å². The van der Waals surface area contributed by atoms with E-state index in [2.05, 4.69) is 85.1 Å². The summed E-state index contributed by atoms with van der Waals surface area (Å²) < 4.78 is 0. The van der Waals surface area contributed by atoms with Crippen LogP contribution in [0.3, 0.4) is 0 Å². The number of primary amides is 1. The first-order chi connectivity index (χ1) is 56.5. The smallest absolute Gasteiger partial charge is 0.326 e. The van der Waals surface area contributed by atoms with Crippen LogP contribution in [0, 0.1) is 21.6 Å². The molecule has 0 spiro atoms. The van der Waals surface area contributed by atoms with E-state index < -0.39 is 193 Å². The molecule has 0 heterocycles. The molecule has 12 atom stereocenters. The summed E-state index contributed by atoms with van der Waals surface area (Å²) in [5, 5.41) is 101. The summed E-state index contributed by atoms with van der Waals surface area (Å²) >= 11 is 0. The number of phenolic OH excluding ortho intramolecular Hbond substituents is 1. The fourth-order valence-electron chi connectivity index (χ4n) is 11.7. The Kier molecular flexibility index (Phi) is 49.8. The van der Waals surface area contributed by atoms with Crippen molar-refractivity contribution in [2.24, 2.45) is 51.6 Å². The molecule has 0 aliphatic heterocycles. The van der Waals surface area contributed by atoms with Gasteiger partial charge < -0.3 is 152 Å². The van der Waals surface area contributed by atoms with E-state index in [9.17, 15) is 82.4 Å². The molecule has 46 nitrogen and oxygen atoms in total. The Bertz CT molecular complexity index is 3640. The largest absolute Gasteiger partial charge is 0.508 e. The lowest BCUT2D eigenvalue weighted by atomic mass is 10.0. The number of rotatable bonds is 61. The number of aliphatic hydroxyl groups is 1. The number of guanidine groups is 4. The predicted octanol–water partition coefficient (Wildman–Crippen LogP) is -9.24. The highest BCUT2D eigenvalue weighted by Gasteiger charge is 2.37. The molecule has 0 aliphatic carbocycles. The molecule has 0 bridgehead atoms. The van der Waals surface area contributed by atoms with Gasteiger partial charge in [0.2, 0.25) is 76.8 Å². The van der Waals surface area contributed by atoms with Crippen molar-refractivity contribution in [1.29, 1.82) is 21.6 Å². The van der Waals surface area contributed by atoms with Gasteiger partial charge in [0.15, 0.2) is 23.8 Å². The quantitative estimate of drug-likeness (QED) is 0.0166. The van der Waals surface area contributed by atoms with Crippen molar-refractivity contribution >= 4 is 107 Å². The zero-order chi connectivity index (χ0) is 88.9. The first kappa shape index (κ1) is 103. The number of phenols is 1. The highest BCUT2D eigenvalue weighted by Crippen LogP contribution is 2.15. The zero-order valence-electron chi connectivity index (χ0n) is 67.1. The van der Waals surface area contributed by atoms with Gasteiger partial charge in [0.05, 0.1) is 19.2 Å². The van der Waals surface area contributed by atoms with E-state index in [1.807, 2.05) is 0 Å². The fraction of sp³-hybridized carbons (Fsp3) is 0.589. The average molecular weight is 1680 g/mol. The lowest BCUT2D eigenvalue weighted by Crippen LogP contribution is -2.61. The van der Waals surface area contributed by atoms with Crippen LogP contribution in [0.2, 0.25) is 0 Å². The van der Waals surface area contributed by atoms with E-state index in [-0.39, 0.29) is 167 Å². The van der Waals surface area contributed by atoms with E-state index in [0.29, 0.717) is 30.4 Å². The Morgan fingerprint density at radius 2 is 0.672 bits per heavy atom. The second-order valence-corrected chi connectivity index (χ2v) is 28.1. The number of carbonyl (C=O) groups is 14. The lowest BCUT2D eigenvalue weighted by Gasteiger charge is -2.28. The molecule has 0 aromatic heterocycles. The number of benzene rings is 2. The molecule has 0 radical (unpaired) electrons. The molecule has 0 saturated carbocycles. The number of hydrogen-bond donors (Lipinski definition) is 32. The number of aromatic hydroxyl groups is 1. The van der Waals surface area contributed by atoms with E-state index >= 15 is 0 Å². The Morgan fingerprint density at radius 3 is 1.03 bits per heavy atom. The SMILES string of the molecule is C[C@H](NC(=O)[C@@H](N)Cc1ccc(O)cc1)C(=O)N[C@@H](CCC(N)=O)C(=O)NCC(=O)N[C@@H](Cc1ccccc1)C(=O)N[C@@H](CO)C(=O)N[C@@H](CCCCN)C(=O)N[C@@H](CCCNC(=N)N)C(=O)N[C@@H](CCCCN)C(=O)N[C@@H](CCCNC(=N)N)C(=O)N[C@@H](CCCNC(=N)N)C(=O)N[C@@H](CCCCN)C(=O)N[C@@H](CCCNC(=N)N)C(=O)O. The molecule has 0 fully saturated rings. The van der Waals surface area contributed by atoms with E-state index in [0.717, 1.165) is 0 Å². The molecular formula is C73H125N29O17. The third-order valence-corrected chi connectivity index (χ3v) is 18.2. The maximum atomic E-state index is 14.8. The molecule has 2 rings (SSSR count). The molecular weight excluding hydrogens is 1550 g/mol. The highest BCUT2D eigenvalue weighted by atomic mass is 16.4. The van der Waals surface area contributed by atoms with Crippen molar-refractivity contribution in [1.82, 2.24) is 85.1 Å². The van der Waals surface area contributed by atoms with Crippen molar-refractivity contribution in [3.05, 3.63) is 65.7 Å². The van der Waals surface area contributed by atoms with Crippen LogP contribution in [0.4, 0.5) is 0 Å². The van der Waals surface area contributed by atoms with Gasteiger partial charge in [0.25, 0.3) is 0 Å². The summed E-state index contributed by atoms with van der Waals surface area (Å²) in [6.07, 6.45) is -0.0784. The van der Waals surface area contributed by atoms with Gasteiger partial charge in [-0.05, 0) is 172 Å². The molecule has 0 unspecified atom stereocenters. The summed E-state index contributed by atoms with van der Waals surface area (Å²) in [5.41, 5.74) is 51.9. The Labute approximate surface area is 689 Å². The number of amides is 13. The summed E-state index contributed by atoms with van der Waals surface area (Å²) in [4.78, 5) is 194. The van der Waals surface area contributed by atoms with Crippen LogP contribution in [0.25, 0.3) is 0 Å². The van der Waals surface area contributed by atoms with Gasteiger partial charge in [-0.3, -0.25) is 84.0 Å². The normalized spacial score (nSPS) is 13.9. The number of nitrogens with two attached hydrogens (primary N) is 9. The van der Waals surface area contributed by atoms with Gasteiger partial charge >= 0.3 is 5.97 Å². The summed E-state index contributed by atoms with van der Waals surface area (Å²) in [6.45, 7) is -0.0895. The number of aliphatic hydroxyl groups excluding tert-OH is 1. The number of aliphatic carboxylic acids is 1. The molecule has 0 saturated heterocycles. The minimum Gasteiger partial charge on any atom is -0.508 e. The van der Waals surface area contributed by atoms with Crippen LogP contribution >= 0.6 is 0 Å². The molecule has 46 heteroatoms. The monoisotopic (exact) mass is 1680 g/mol. The maximum absolute atomic E-state index is 14.8. The Hall–Kier alpha value is -12.3. The van der Waals surface area contributed by atoms with Crippen LogP contribution < -0.4 is 137 Å².